The zero-order chi connectivity index (χ0) is 12.0. The quantitative estimate of drug-likeness (QED) is 0.430. The van der Waals surface area contributed by atoms with Crippen LogP contribution in [0.5, 0.6) is 5.75 Å². The van der Waals surface area contributed by atoms with Gasteiger partial charge < -0.3 is 22.9 Å². The summed E-state index contributed by atoms with van der Waals surface area (Å²) in [5, 5.41) is 10.1. The van der Waals surface area contributed by atoms with Crippen molar-refractivity contribution in [2.45, 2.75) is 13.3 Å². The van der Waals surface area contributed by atoms with Crippen molar-refractivity contribution in [2.24, 2.45) is 0 Å². The highest BCUT2D eigenvalue weighted by atomic mass is 35.5. The molecule has 0 unspecified atom stereocenters. The van der Waals surface area contributed by atoms with Crippen LogP contribution in [-0.2, 0) is 0 Å². The van der Waals surface area contributed by atoms with Gasteiger partial charge in [0.2, 0.25) is 6.20 Å². The van der Waals surface area contributed by atoms with E-state index in [1.54, 1.807) is 18.2 Å². The SMILES string of the molecule is CCCOc1ccc(C=C[N+](=O)[O-])cc1N.[Cl-]. The fourth-order valence-electron chi connectivity index (χ4n) is 1.16. The molecule has 0 saturated heterocycles. The van der Waals surface area contributed by atoms with E-state index in [1.165, 1.54) is 6.08 Å². The minimum Gasteiger partial charge on any atom is -1.00 e. The average molecular weight is 258 g/mol. The minimum absolute atomic E-state index is 0. The molecule has 0 amide bonds. The molecule has 0 aromatic heterocycles. The number of anilines is 1. The number of hydrogen-bond acceptors (Lipinski definition) is 4. The first kappa shape index (κ1) is 15.2. The van der Waals surface area contributed by atoms with Crippen LogP contribution in [-0.4, -0.2) is 11.5 Å². The van der Waals surface area contributed by atoms with Crippen LogP contribution in [0.3, 0.4) is 0 Å². The van der Waals surface area contributed by atoms with Gasteiger partial charge >= 0.3 is 0 Å². The van der Waals surface area contributed by atoms with Crippen molar-refractivity contribution in [3.63, 3.8) is 0 Å². The molecular formula is C11H14ClN2O3-. The third-order valence-electron chi connectivity index (χ3n) is 1.88. The first-order valence-corrected chi connectivity index (χ1v) is 4.97. The second kappa shape index (κ2) is 7.51. The Morgan fingerprint density at radius 3 is 2.76 bits per heavy atom. The molecule has 6 heteroatoms. The molecule has 5 nitrogen and oxygen atoms in total. The fourth-order valence-corrected chi connectivity index (χ4v) is 1.16. The number of nitrogen functional groups attached to an aromatic ring is 1. The lowest BCUT2D eigenvalue weighted by Gasteiger charge is -2.07. The normalized spacial score (nSPS) is 9.94. The van der Waals surface area contributed by atoms with E-state index in [0.717, 1.165) is 12.6 Å². The number of ether oxygens (including phenoxy) is 1. The van der Waals surface area contributed by atoms with Crippen LogP contribution >= 0.6 is 0 Å². The van der Waals surface area contributed by atoms with Gasteiger partial charge in [-0.3, -0.25) is 10.1 Å². The largest absolute Gasteiger partial charge is 1.00 e. The van der Waals surface area contributed by atoms with Crippen molar-refractivity contribution in [3.05, 3.63) is 40.1 Å². The Morgan fingerprint density at radius 2 is 2.24 bits per heavy atom. The summed E-state index contributed by atoms with van der Waals surface area (Å²) in [5.41, 5.74) is 6.90. The van der Waals surface area contributed by atoms with Gasteiger partial charge in [-0.2, -0.15) is 0 Å². The maximum absolute atomic E-state index is 10.1. The Bertz CT molecular complexity index is 408. The summed E-state index contributed by atoms with van der Waals surface area (Å²) in [4.78, 5) is 9.61. The molecule has 1 aromatic carbocycles. The number of benzene rings is 1. The predicted octanol–water partition coefficient (Wildman–Crippen LogP) is -0.691. The lowest BCUT2D eigenvalue weighted by Crippen LogP contribution is -3.00. The summed E-state index contributed by atoms with van der Waals surface area (Å²) in [6, 6.07) is 5.08. The molecule has 94 valence electrons. The number of nitrogens with two attached hydrogens (primary N) is 1. The van der Waals surface area contributed by atoms with Crippen molar-refractivity contribution in [1.29, 1.82) is 0 Å². The predicted molar refractivity (Wildman–Crippen MR) is 62.7 cm³/mol. The van der Waals surface area contributed by atoms with Crippen LogP contribution < -0.4 is 22.9 Å². The van der Waals surface area contributed by atoms with Crippen LogP contribution in [0.4, 0.5) is 5.69 Å². The average Bonchev–Trinajstić information content (AvgIpc) is 2.25. The molecular weight excluding hydrogens is 244 g/mol. The maximum atomic E-state index is 10.1. The molecule has 0 aliphatic rings. The van der Waals surface area contributed by atoms with E-state index in [9.17, 15) is 10.1 Å². The van der Waals surface area contributed by atoms with Gasteiger partial charge in [0.1, 0.15) is 5.75 Å². The van der Waals surface area contributed by atoms with Crippen LogP contribution in [0, 0.1) is 10.1 Å². The van der Waals surface area contributed by atoms with Crippen LogP contribution in [0.25, 0.3) is 6.08 Å². The van der Waals surface area contributed by atoms with E-state index in [4.69, 9.17) is 10.5 Å². The molecule has 0 aliphatic carbocycles. The van der Waals surface area contributed by atoms with E-state index >= 15 is 0 Å². The van der Waals surface area contributed by atoms with E-state index < -0.39 is 4.92 Å². The molecule has 0 aliphatic heterocycles. The summed E-state index contributed by atoms with van der Waals surface area (Å²) >= 11 is 0. The van der Waals surface area contributed by atoms with Gasteiger partial charge in [-0.15, -0.1) is 0 Å². The molecule has 0 bridgehead atoms. The molecule has 0 spiro atoms. The summed E-state index contributed by atoms with van der Waals surface area (Å²) < 4.78 is 5.38. The third-order valence-corrected chi connectivity index (χ3v) is 1.88. The Labute approximate surface area is 106 Å². The van der Waals surface area contributed by atoms with Crippen LogP contribution in [0.15, 0.2) is 24.4 Å². The summed E-state index contributed by atoms with van der Waals surface area (Å²) in [6.45, 7) is 2.61. The summed E-state index contributed by atoms with van der Waals surface area (Å²) in [7, 11) is 0. The molecule has 17 heavy (non-hydrogen) atoms. The molecule has 0 atom stereocenters. The van der Waals surface area contributed by atoms with Crippen molar-refractivity contribution >= 4 is 11.8 Å². The van der Waals surface area contributed by atoms with Crippen molar-refractivity contribution < 1.29 is 22.1 Å². The van der Waals surface area contributed by atoms with Crippen LogP contribution in [0.1, 0.15) is 18.9 Å². The first-order chi connectivity index (χ1) is 7.63. The highest BCUT2D eigenvalue weighted by molar-refractivity contribution is 5.61. The van der Waals surface area contributed by atoms with E-state index in [2.05, 4.69) is 0 Å². The van der Waals surface area contributed by atoms with Gasteiger partial charge in [-0.05, 0) is 24.1 Å². The number of rotatable bonds is 5. The van der Waals surface area contributed by atoms with Crippen molar-refractivity contribution in [2.75, 3.05) is 12.3 Å². The van der Waals surface area contributed by atoms with E-state index in [-0.39, 0.29) is 12.4 Å². The zero-order valence-corrected chi connectivity index (χ0v) is 10.2. The Morgan fingerprint density at radius 1 is 1.53 bits per heavy atom. The standard InChI is InChI=1S/C11H14N2O3.ClH/c1-2-7-16-11-4-3-9(8-10(11)12)5-6-13(14)15;/h3-6,8H,2,7,12H2,1H3;1H/p-1. The molecule has 0 fully saturated rings. The van der Waals surface area contributed by atoms with Gasteiger partial charge in [0.15, 0.2) is 0 Å². The van der Waals surface area contributed by atoms with Crippen molar-refractivity contribution in [3.8, 4) is 5.75 Å². The number of nitrogens with zero attached hydrogens (tertiary/aromatic N) is 1. The lowest BCUT2D eigenvalue weighted by molar-refractivity contribution is -0.400. The minimum atomic E-state index is -0.516. The number of hydrogen-bond donors (Lipinski definition) is 1. The molecule has 2 N–H and O–H groups in total. The third kappa shape index (κ3) is 5.21. The second-order valence-corrected chi connectivity index (χ2v) is 3.25. The van der Waals surface area contributed by atoms with Gasteiger partial charge in [0.05, 0.1) is 17.2 Å². The first-order valence-electron chi connectivity index (χ1n) is 4.97. The van der Waals surface area contributed by atoms with Crippen molar-refractivity contribution in [1.82, 2.24) is 0 Å². The molecule has 0 radical (unpaired) electrons. The van der Waals surface area contributed by atoms with Gasteiger partial charge in [-0.25, -0.2) is 0 Å². The second-order valence-electron chi connectivity index (χ2n) is 3.25. The smallest absolute Gasteiger partial charge is 0.235 e. The molecule has 0 saturated carbocycles. The summed E-state index contributed by atoms with van der Waals surface area (Å²) in [5.74, 6) is 0.611. The van der Waals surface area contributed by atoms with Gasteiger partial charge in [0, 0.05) is 6.08 Å². The Hall–Kier alpha value is -1.75. The number of halogens is 1. The fraction of sp³-hybridized carbons (Fsp3) is 0.273. The van der Waals surface area contributed by atoms with E-state index in [0.29, 0.717) is 23.6 Å². The zero-order valence-electron chi connectivity index (χ0n) is 9.43. The highest BCUT2D eigenvalue weighted by Gasteiger charge is 2.00. The maximum Gasteiger partial charge on any atom is 0.235 e. The topological polar surface area (TPSA) is 78.4 Å². The Balaban J connectivity index is 0.00000256. The lowest BCUT2D eigenvalue weighted by atomic mass is 10.2. The van der Waals surface area contributed by atoms with Gasteiger partial charge in [-0.1, -0.05) is 13.0 Å². The van der Waals surface area contributed by atoms with Crippen LogP contribution in [0.2, 0.25) is 0 Å². The molecule has 1 rings (SSSR count). The Kier molecular flexibility index (Phi) is 6.74. The molecule has 0 heterocycles. The number of nitro groups is 1. The van der Waals surface area contributed by atoms with Gasteiger partial charge in [0.25, 0.3) is 0 Å². The monoisotopic (exact) mass is 257 g/mol. The van der Waals surface area contributed by atoms with E-state index in [1.807, 2.05) is 6.92 Å². The summed E-state index contributed by atoms with van der Waals surface area (Å²) in [6.07, 6.45) is 3.17. The highest BCUT2D eigenvalue weighted by Crippen LogP contribution is 2.23. The molecule has 1 aromatic rings.